The normalized spacial score (nSPS) is 19.1. The molecule has 1 atom stereocenters. The van der Waals surface area contributed by atoms with E-state index >= 15 is 0 Å². The number of halogens is 1. The van der Waals surface area contributed by atoms with E-state index in [4.69, 9.17) is 0 Å². The molecule has 1 N–H and O–H groups in total. The van der Waals surface area contributed by atoms with Crippen LogP contribution in [0.3, 0.4) is 0 Å². The number of sulfone groups is 1. The van der Waals surface area contributed by atoms with Crippen LogP contribution in [0.2, 0.25) is 0 Å². The van der Waals surface area contributed by atoms with Crippen LogP contribution < -0.4 is 5.32 Å². The van der Waals surface area contributed by atoms with Crippen LogP contribution in [0.15, 0.2) is 42.7 Å². The molecule has 1 unspecified atom stereocenters. The highest BCUT2D eigenvalue weighted by molar-refractivity contribution is 7.91. The van der Waals surface area contributed by atoms with Crippen molar-refractivity contribution in [3.8, 4) is 0 Å². The van der Waals surface area contributed by atoms with Gasteiger partial charge in [0.1, 0.15) is 5.82 Å². The molecule has 0 bridgehead atoms. The molecule has 1 fully saturated rings. The fourth-order valence-corrected chi connectivity index (χ4v) is 4.42. The first-order valence-electron chi connectivity index (χ1n) is 7.61. The number of benzene rings is 1. The zero-order chi connectivity index (χ0) is 17.2. The largest absolute Gasteiger partial charge is 0.348 e. The van der Waals surface area contributed by atoms with Crippen molar-refractivity contribution in [1.82, 2.24) is 10.3 Å². The second-order valence-electron chi connectivity index (χ2n) is 5.92. The van der Waals surface area contributed by atoms with Gasteiger partial charge in [-0.1, -0.05) is 18.2 Å². The van der Waals surface area contributed by atoms with Gasteiger partial charge in [-0.3, -0.25) is 9.78 Å². The number of hydrogen-bond donors (Lipinski definition) is 1. The lowest BCUT2D eigenvalue weighted by Gasteiger charge is -2.11. The number of rotatable bonds is 4. The quantitative estimate of drug-likeness (QED) is 0.913. The summed E-state index contributed by atoms with van der Waals surface area (Å²) in [5.41, 5.74) is 1.58. The van der Waals surface area contributed by atoms with Crippen LogP contribution in [-0.4, -0.2) is 36.9 Å². The van der Waals surface area contributed by atoms with Gasteiger partial charge in [-0.15, -0.1) is 0 Å². The summed E-state index contributed by atoms with van der Waals surface area (Å²) >= 11 is 0. The molecular weight excluding hydrogens is 331 g/mol. The Kier molecular flexibility index (Phi) is 4.62. The Balaban J connectivity index is 1.71. The van der Waals surface area contributed by atoms with Crippen LogP contribution in [0.4, 0.5) is 4.39 Å². The van der Waals surface area contributed by atoms with Crippen LogP contribution in [0, 0.1) is 5.82 Å². The van der Waals surface area contributed by atoms with E-state index in [1.54, 1.807) is 30.5 Å². The third-order valence-corrected chi connectivity index (χ3v) is 5.75. The fourth-order valence-electron chi connectivity index (χ4n) is 2.75. The Morgan fingerprint density at radius 3 is 2.79 bits per heavy atom. The molecule has 1 saturated heterocycles. The summed E-state index contributed by atoms with van der Waals surface area (Å²) in [6.45, 7) is 0. The molecule has 0 spiro atoms. The number of pyridine rings is 1. The van der Waals surface area contributed by atoms with Crippen LogP contribution >= 0.6 is 0 Å². The first-order chi connectivity index (χ1) is 11.4. The third kappa shape index (κ3) is 3.97. The molecule has 1 amide bonds. The zero-order valence-corrected chi connectivity index (χ0v) is 13.7. The summed E-state index contributed by atoms with van der Waals surface area (Å²) in [7, 11) is -3.05. The van der Waals surface area contributed by atoms with Gasteiger partial charge in [0.2, 0.25) is 0 Å². The van der Waals surface area contributed by atoms with Crippen LogP contribution in [0.1, 0.15) is 27.9 Å². The number of carbonyl (C=O) groups is 1. The second kappa shape index (κ2) is 6.68. The molecule has 0 radical (unpaired) electrons. The summed E-state index contributed by atoms with van der Waals surface area (Å²) < 4.78 is 36.6. The first kappa shape index (κ1) is 16.6. The number of amides is 1. The molecule has 126 valence electrons. The van der Waals surface area contributed by atoms with E-state index < -0.39 is 9.84 Å². The van der Waals surface area contributed by atoms with Gasteiger partial charge in [0.05, 0.1) is 17.1 Å². The smallest absolute Gasteiger partial charge is 0.253 e. The average Bonchev–Trinajstić information content (AvgIpc) is 2.88. The number of aromatic nitrogens is 1. The van der Waals surface area contributed by atoms with Crippen molar-refractivity contribution in [1.29, 1.82) is 0 Å². The van der Waals surface area contributed by atoms with Gasteiger partial charge >= 0.3 is 0 Å². The molecule has 0 saturated carbocycles. The van der Waals surface area contributed by atoms with Crippen molar-refractivity contribution in [2.75, 3.05) is 11.5 Å². The Labute approximate surface area is 139 Å². The highest BCUT2D eigenvalue weighted by Gasteiger charge is 2.29. The SMILES string of the molecule is O=C(NC1CCS(=O)(=O)C1)c1cncc(Cc2ccccc2F)c1. The van der Waals surface area contributed by atoms with Gasteiger partial charge < -0.3 is 5.32 Å². The molecule has 1 aliphatic rings. The molecule has 5 nitrogen and oxygen atoms in total. The maximum Gasteiger partial charge on any atom is 0.253 e. The van der Waals surface area contributed by atoms with E-state index in [9.17, 15) is 17.6 Å². The molecule has 1 aromatic carbocycles. The van der Waals surface area contributed by atoms with Crippen molar-refractivity contribution in [3.63, 3.8) is 0 Å². The van der Waals surface area contributed by atoms with E-state index in [2.05, 4.69) is 10.3 Å². The van der Waals surface area contributed by atoms with Gasteiger partial charge in [-0.2, -0.15) is 0 Å². The molecule has 3 rings (SSSR count). The molecule has 0 aliphatic carbocycles. The topological polar surface area (TPSA) is 76.1 Å². The van der Waals surface area contributed by atoms with Gasteiger partial charge in [0, 0.05) is 24.9 Å². The lowest BCUT2D eigenvalue weighted by atomic mass is 10.0. The molecule has 1 aromatic heterocycles. The molecule has 2 heterocycles. The minimum atomic E-state index is -3.05. The average molecular weight is 348 g/mol. The van der Waals surface area contributed by atoms with E-state index in [1.165, 1.54) is 12.3 Å². The predicted octanol–water partition coefficient (Wildman–Crippen LogP) is 1.73. The second-order valence-corrected chi connectivity index (χ2v) is 8.15. The molecule has 1 aliphatic heterocycles. The van der Waals surface area contributed by atoms with Gasteiger partial charge in [0.15, 0.2) is 9.84 Å². The maximum atomic E-state index is 13.7. The summed E-state index contributed by atoms with van der Waals surface area (Å²) in [4.78, 5) is 16.3. The lowest BCUT2D eigenvalue weighted by molar-refractivity contribution is 0.0940. The summed E-state index contributed by atoms with van der Waals surface area (Å²) in [6.07, 6.45) is 3.77. The molecule has 7 heteroatoms. The zero-order valence-electron chi connectivity index (χ0n) is 12.9. The van der Waals surface area contributed by atoms with Crippen LogP contribution in [-0.2, 0) is 16.3 Å². The third-order valence-electron chi connectivity index (χ3n) is 3.98. The van der Waals surface area contributed by atoms with Crippen molar-refractivity contribution in [2.24, 2.45) is 0 Å². The number of nitrogens with zero attached hydrogens (tertiary/aromatic N) is 1. The number of carbonyl (C=O) groups excluding carboxylic acids is 1. The van der Waals surface area contributed by atoms with E-state index in [-0.39, 0.29) is 29.3 Å². The predicted molar refractivity (Wildman–Crippen MR) is 88.0 cm³/mol. The summed E-state index contributed by atoms with van der Waals surface area (Å²) in [5.74, 6) is -0.589. The minimum Gasteiger partial charge on any atom is -0.348 e. The Morgan fingerprint density at radius 1 is 1.29 bits per heavy atom. The Morgan fingerprint density at radius 2 is 2.08 bits per heavy atom. The summed E-state index contributed by atoms with van der Waals surface area (Å²) in [6, 6.07) is 7.74. The number of nitrogens with one attached hydrogen (secondary N) is 1. The highest BCUT2D eigenvalue weighted by atomic mass is 32.2. The van der Waals surface area contributed by atoms with Crippen LogP contribution in [0.5, 0.6) is 0 Å². The van der Waals surface area contributed by atoms with Crippen LogP contribution in [0.25, 0.3) is 0 Å². The van der Waals surface area contributed by atoms with Crippen molar-refractivity contribution in [2.45, 2.75) is 18.9 Å². The van der Waals surface area contributed by atoms with Gasteiger partial charge in [0.25, 0.3) is 5.91 Å². The van der Waals surface area contributed by atoms with E-state index in [0.29, 0.717) is 29.5 Å². The van der Waals surface area contributed by atoms with Crippen molar-refractivity contribution >= 4 is 15.7 Å². The molecule has 2 aromatic rings. The number of hydrogen-bond acceptors (Lipinski definition) is 4. The van der Waals surface area contributed by atoms with Crippen molar-refractivity contribution in [3.05, 3.63) is 65.2 Å². The molecular formula is C17H17FN2O3S. The van der Waals surface area contributed by atoms with Gasteiger partial charge in [-0.05, 0) is 29.7 Å². The van der Waals surface area contributed by atoms with Gasteiger partial charge in [-0.25, -0.2) is 12.8 Å². The lowest BCUT2D eigenvalue weighted by Crippen LogP contribution is -2.35. The fraction of sp³-hybridized carbons (Fsp3) is 0.294. The standard InChI is InChI=1S/C17H17FN2O3S/c18-16-4-2-1-3-13(16)7-12-8-14(10-19-9-12)17(21)20-15-5-6-24(22,23)11-15/h1-4,8-10,15H,5-7,11H2,(H,20,21). The Hall–Kier alpha value is -2.28. The first-order valence-corrected chi connectivity index (χ1v) is 9.44. The van der Waals surface area contributed by atoms with E-state index in [1.807, 2.05) is 0 Å². The van der Waals surface area contributed by atoms with Crippen molar-refractivity contribution < 1.29 is 17.6 Å². The monoisotopic (exact) mass is 348 g/mol. The molecule has 24 heavy (non-hydrogen) atoms. The maximum absolute atomic E-state index is 13.7. The Bertz CT molecular complexity index is 868. The summed E-state index contributed by atoms with van der Waals surface area (Å²) in [5, 5.41) is 2.72. The van der Waals surface area contributed by atoms with E-state index in [0.717, 1.165) is 0 Å². The highest BCUT2D eigenvalue weighted by Crippen LogP contribution is 2.15. The minimum absolute atomic E-state index is 0.0267.